The number of rotatable bonds is 2. The van der Waals surface area contributed by atoms with Gasteiger partial charge in [0, 0.05) is 12.4 Å². The molecule has 0 atom stereocenters. The minimum atomic E-state index is -4.39. The zero-order valence-electron chi connectivity index (χ0n) is 10.8. The van der Waals surface area contributed by atoms with Gasteiger partial charge in [0.25, 0.3) is 0 Å². The second-order valence-corrected chi connectivity index (χ2v) is 4.61. The molecule has 0 bridgehead atoms. The zero-order chi connectivity index (χ0) is 15.0. The number of nitrogens with zero attached hydrogens (tertiary/aromatic N) is 3. The van der Waals surface area contributed by atoms with E-state index < -0.39 is 11.7 Å². The van der Waals surface area contributed by atoms with Gasteiger partial charge in [-0.2, -0.15) is 13.2 Å². The van der Waals surface area contributed by atoms with Crippen molar-refractivity contribution in [2.45, 2.75) is 12.7 Å². The molecule has 7 heteroatoms. The number of alkyl halides is 3. The van der Waals surface area contributed by atoms with Gasteiger partial charge in [-0.3, -0.25) is 4.98 Å². The van der Waals surface area contributed by atoms with Gasteiger partial charge in [0.05, 0.1) is 23.1 Å². The molecule has 108 valence electrons. The first-order valence-corrected chi connectivity index (χ1v) is 6.17. The van der Waals surface area contributed by atoms with E-state index in [1.807, 2.05) is 12.1 Å². The lowest BCUT2D eigenvalue weighted by Crippen LogP contribution is -2.05. The van der Waals surface area contributed by atoms with E-state index in [1.54, 1.807) is 17.0 Å². The lowest BCUT2D eigenvalue weighted by molar-refractivity contribution is -0.137. The topological polar surface area (TPSA) is 56.7 Å². The Morgan fingerprint density at radius 1 is 1.10 bits per heavy atom. The SMILES string of the molecule is Nc1nc2cc(C(F)(F)F)ccc2n1Cc1ccncc1. The van der Waals surface area contributed by atoms with Gasteiger partial charge in [0.15, 0.2) is 0 Å². The van der Waals surface area contributed by atoms with E-state index in [0.717, 1.165) is 17.7 Å². The van der Waals surface area contributed by atoms with Crippen LogP contribution in [0.1, 0.15) is 11.1 Å². The van der Waals surface area contributed by atoms with Gasteiger partial charge >= 0.3 is 6.18 Å². The summed E-state index contributed by atoms with van der Waals surface area (Å²) < 4.78 is 39.8. The number of hydrogen-bond acceptors (Lipinski definition) is 3. The van der Waals surface area contributed by atoms with E-state index in [2.05, 4.69) is 9.97 Å². The van der Waals surface area contributed by atoms with E-state index in [0.29, 0.717) is 12.1 Å². The van der Waals surface area contributed by atoms with Crippen LogP contribution in [0.3, 0.4) is 0 Å². The predicted octanol–water partition coefficient (Wildman–Crippen LogP) is 3.08. The van der Waals surface area contributed by atoms with Crippen LogP contribution < -0.4 is 5.73 Å². The third-order valence-electron chi connectivity index (χ3n) is 3.20. The Morgan fingerprint density at radius 2 is 1.81 bits per heavy atom. The number of imidazole rings is 1. The number of fused-ring (bicyclic) bond motifs is 1. The molecule has 2 N–H and O–H groups in total. The predicted molar refractivity (Wildman–Crippen MR) is 72.5 cm³/mol. The maximum absolute atomic E-state index is 12.7. The largest absolute Gasteiger partial charge is 0.416 e. The highest BCUT2D eigenvalue weighted by Gasteiger charge is 2.31. The van der Waals surface area contributed by atoms with Crippen LogP contribution in [0.2, 0.25) is 0 Å². The highest BCUT2D eigenvalue weighted by atomic mass is 19.4. The fourth-order valence-corrected chi connectivity index (χ4v) is 2.16. The molecule has 0 aliphatic heterocycles. The van der Waals surface area contributed by atoms with Crippen LogP contribution in [0.25, 0.3) is 11.0 Å². The quantitative estimate of drug-likeness (QED) is 0.789. The molecule has 1 aromatic carbocycles. The van der Waals surface area contributed by atoms with Crippen molar-refractivity contribution in [2.75, 3.05) is 5.73 Å². The van der Waals surface area contributed by atoms with E-state index in [-0.39, 0.29) is 11.5 Å². The molecule has 0 aliphatic rings. The number of benzene rings is 1. The molecule has 0 fully saturated rings. The molecule has 0 aliphatic carbocycles. The molecule has 21 heavy (non-hydrogen) atoms. The van der Waals surface area contributed by atoms with Crippen LogP contribution in [-0.4, -0.2) is 14.5 Å². The minimum Gasteiger partial charge on any atom is -0.369 e. The highest BCUT2D eigenvalue weighted by Crippen LogP contribution is 2.32. The lowest BCUT2D eigenvalue weighted by Gasteiger charge is -2.08. The summed E-state index contributed by atoms with van der Waals surface area (Å²) in [5, 5.41) is 0. The smallest absolute Gasteiger partial charge is 0.369 e. The monoisotopic (exact) mass is 292 g/mol. The Labute approximate surface area is 118 Å². The fourth-order valence-electron chi connectivity index (χ4n) is 2.16. The summed E-state index contributed by atoms with van der Waals surface area (Å²) >= 11 is 0. The first-order chi connectivity index (χ1) is 9.95. The number of pyridine rings is 1. The molecule has 0 saturated heterocycles. The van der Waals surface area contributed by atoms with Gasteiger partial charge in [-0.15, -0.1) is 0 Å². The number of nitrogens with two attached hydrogens (primary N) is 1. The summed E-state index contributed by atoms with van der Waals surface area (Å²) in [4.78, 5) is 7.93. The average molecular weight is 292 g/mol. The standard InChI is InChI=1S/C14H11F3N4/c15-14(16,17)10-1-2-12-11(7-10)20-13(18)21(12)8-9-3-5-19-6-4-9/h1-7H,8H2,(H2,18,20). The second kappa shape index (κ2) is 4.76. The van der Waals surface area contributed by atoms with Crippen LogP contribution in [0.5, 0.6) is 0 Å². The van der Waals surface area contributed by atoms with Crippen molar-refractivity contribution in [2.24, 2.45) is 0 Å². The molecular formula is C14H11F3N4. The van der Waals surface area contributed by atoms with E-state index in [9.17, 15) is 13.2 Å². The summed E-state index contributed by atoms with van der Waals surface area (Å²) in [7, 11) is 0. The third-order valence-corrected chi connectivity index (χ3v) is 3.20. The Kier molecular flexibility index (Phi) is 3.04. The van der Waals surface area contributed by atoms with Crippen molar-refractivity contribution in [3.63, 3.8) is 0 Å². The molecule has 3 rings (SSSR count). The number of nitrogen functional groups attached to an aromatic ring is 1. The molecule has 0 saturated carbocycles. The van der Waals surface area contributed by atoms with Crippen molar-refractivity contribution < 1.29 is 13.2 Å². The average Bonchev–Trinajstić information content (AvgIpc) is 2.75. The minimum absolute atomic E-state index is 0.182. The Hall–Kier alpha value is -2.57. The molecule has 0 amide bonds. The van der Waals surface area contributed by atoms with Gasteiger partial charge < -0.3 is 10.3 Å². The number of halogens is 3. The van der Waals surface area contributed by atoms with Crippen LogP contribution >= 0.6 is 0 Å². The molecule has 2 heterocycles. The van der Waals surface area contributed by atoms with Crippen molar-refractivity contribution in [3.05, 3.63) is 53.9 Å². The van der Waals surface area contributed by atoms with Crippen LogP contribution in [0.15, 0.2) is 42.7 Å². The molecule has 0 unspecified atom stereocenters. The molecule has 4 nitrogen and oxygen atoms in total. The van der Waals surface area contributed by atoms with Crippen molar-refractivity contribution in [1.82, 2.24) is 14.5 Å². The van der Waals surface area contributed by atoms with Gasteiger partial charge in [-0.25, -0.2) is 4.98 Å². The number of anilines is 1. The van der Waals surface area contributed by atoms with Crippen LogP contribution in [0, 0.1) is 0 Å². The van der Waals surface area contributed by atoms with Crippen molar-refractivity contribution in [3.8, 4) is 0 Å². The molecule has 3 aromatic rings. The number of aromatic nitrogens is 3. The lowest BCUT2D eigenvalue weighted by atomic mass is 10.2. The Morgan fingerprint density at radius 3 is 2.48 bits per heavy atom. The van der Waals surface area contributed by atoms with Crippen molar-refractivity contribution >= 4 is 17.0 Å². The summed E-state index contributed by atoms with van der Waals surface area (Å²) in [6.45, 7) is 0.427. The fraction of sp³-hybridized carbons (Fsp3) is 0.143. The summed E-state index contributed by atoms with van der Waals surface area (Å²) in [5.41, 5.74) is 6.82. The Balaban J connectivity index is 2.06. The first kappa shape index (κ1) is 13.4. The number of hydrogen-bond donors (Lipinski definition) is 1. The van der Waals surface area contributed by atoms with Gasteiger partial charge in [0.2, 0.25) is 5.95 Å². The molecular weight excluding hydrogens is 281 g/mol. The normalized spacial score (nSPS) is 12.0. The maximum atomic E-state index is 12.7. The van der Waals surface area contributed by atoms with E-state index in [1.165, 1.54) is 6.07 Å². The van der Waals surface area contributed by atoms with Gasteiger partial charge in [0.1, 0.15) is 0 Å². The Bertz CT molecular complexity index is 778. The molecule has 0 spiro atoms. The molecule has 2 aromatic heterocycles. The van der Waals surface area contributed by atoms with Crippen molar-refractivity contribution in [1.29, 1.82) is 0 Å². The highest BCUT2D eigenvalue weighted by molar-refractivity contribution is 5.79. The zero-order valence-corrected chi connectivity index (χ0v) is 10.8. The second-order valence-electron chi connectivity index (χ2n) is 4.61. The van der Waals surface area contributed by atoms with Gasteiger partial charge in [-0.05, 0) is 35.9 Å². The summed E-state index contributed by atoms with van der Waals surface area (Å²) in [6, 6.07) is 7.06. The summed E-state index contributed by atoms with van der Waals surface area (Å²) in [5.74, 6) is 0.182. The van der Waals surface area contributed by atoms with E-state index in [4.69, 9.17) is 5.73 Å². The maximum Gasteiger partial charge on any atom is 0.416 e. The first-order valence-electron chi connectivity index (χ1n) is 6.17. The van der Waals surface area contributed by atoms with E-state index >= 15 is 0 Å². The molecule has 0 radical (unpaired) electrons. The van der Waals surface area contributed by atoms with Crippen LogP contribution in [0.4, 0.5) is 19.1 Å². The van der Waals surface area contributed by atoms with Crippen LogP contribution in [-0.2, 0) is 12.7 Å². The summed E-state index contributed by atoms with van der Waals surface area (Å²) in [6.07, 6.45) is -1.10. The van der Waals surface area contributed by atoms with Gasteiger partial charge in [-0.1, -0.05) is 0 Å². The third kappa shape index (κ3) is 2.54.